The summed E-state index contributed by atoms with van der Waals surface area (Å²) in [4.78, 5) is 23.8. The van der Waals surface area contributed by atoms with Gasteiger partial charge in [0.1, 0.15) is 22.6 Å². The highest BCUT2D eigenvalue weighted by Crippen LogP contribution is 2.48. The second-order valence-electron chi connectivity index (χ2n) is 14.2. The van der Waals surface area contributed by atoms with Crippen LogP contribution in [0.25, 0.3) is 11.5 Å². The Morgan fingerprint density at radius 3 is 2.77 bits per heavy atom. The van der Waals surface area contributed by atoms with Crippen LogP contribution in [0.15, 0.2) is 10.6 Å². The summed E-state index contributed by atoms with van der Waals surface area (Å²) < 4.78 is 11.4. The van der Waals surface area contributed by atoms with E-state index in [0.29, 0.717) is 33.4 Å². The number of nitrogens with zero attached hydrogens (tertiary/aromatic N) is 8. The summed E-state index contributed by atoms with van der Waals surface area (Å²) in [5.74, 6) is 2.61. The van der Waals surface area contributed by atoms with Gasteiger partial charge in [0.2, 0.25) is 17.7 Å². The van der Waals surface area contributed by atoms with Crippen LogP contribution in [0.3, 0.4) is 0 Å². The van der Waals surface area contributed by atoms with Gasteiger partial charge in [0, 0.05) is 75.5 Å². The summed E-state index contributed by atoms with van der Waals surface area (Å²) >= 11 is 1.51. The topological polar surface area (TPSA) is 145 Å². The maximum atomic E-state index is 9.99. The van der Waals surface area contributed by atoms with Gasteiger partial charge >= 0.3 is 0 Å². The monoisotopic (exact) mass is 660 g/mol. The molecule has 0 bridgehead atoms. The average Bonchev–Trinajstić information content (AvgIpc) is 3.80. The first-order chi connectivity index (χ1) is 22.8. The minimum absolute atomic E-state index is 0.242. The predicted molar refractivity (Wildman–Crippen MR) is 184 cm³/mol. The summed E-state index contributed by atoms with van der Waals surface area (Å²) in [6.45, 7) is 13.2. The molecule has 7 rings (SSSR count). The van der Waals surface area contributed by atoms with E-state index in [2.05, 4.69) is 45.1 Å². The molecule has 0 unspecified atom stereocenters. The number of nitriles is 1. The number of nitrogens with two attached hydrogens (primary N) is 1. The van der Waals surface area contributed by atoms with Crippen molar-refractivity contribution in [3.05, 3.63) is 28.0 Å². The first kappa shape index (κ1) is 32.2. The van der Waals surface area contributed by atoms with Crippen molar-refractivity contribution in [2.45, 2.75) is 76.7 Å². The fraction of sp³-hybridized carbons (Fsp3) is 0.676. The number of piperidine rings is 1. The molecule has 3 fully saturated rings. The number of nitrogens with one attached hydrogen (secondary N) is 1. The Labute approximate surface area is 281 Å². The molecular weight excluding hydrogens is 613 g/mol. The Morgan fingerprint density at radius 2 is 2.00 bits per heavy atom. The van der Waals surface area contributed by atoms with Crippen LogP contribution in [-0.2, 0) is 16.6 Å². The minimum atomic E-state index is -0.585. The molecule has 0 saturated carbocycles. The van der Waals surface area contributed by atoms with E-state index in [1.54, 1.807) is 7.11 Å². The fourth-order valence-electron chi connectivity index (χ4n) is 8.30. The van der Waals surface area contributed by atoms with Gasteiger partial charge in [0.25, 0.3) is 0 Å². The molecule has 6 heterocycles. The number of ether oxygens (including phenoxy) is 1. The first-order valence-corrected chi connectivity index (χ1v) is 18.1. The third-order valence-electron chi connectivity index (χ3n) is 11.1. The molecule has 1 aliphatic carbocycles. The lowest BCUT2D eigenvalue weighted by Crippen LogP contribution is -2.42. The van der Waals surface area contributed by atoms with Crippen molar-refractivity contribution in [3.8, 4) is 17.6 Å². The van der Waals surface area contributed by atoms with Gasteiger partial charge in [0.05, 0.1) is 11.0 Å². The van der Waals surface area contributed by atoms with Crippen LogP contribution in [0.1, 0.15) is 80.7 Å². The molecule has 12 nitrogen and oxygen atoms in total. The highest BCUT2D eigenvalue weighted by molar-refractivity contribution is 7.16. The standard InChI is InChI=1S/C34H48N10O2S/c1-23-21-42(14-6-18-45-3)13-5-15-44(23)32-38-25(19-27(39-32)43-16-10-34(11-17-43)9-12-37-22-34)30-40-31(46-41-30)33(2)8-4-7-26-28(33)24(20-35)29(36)47-26/h19,23,37H,4-18,21-22,36H2,1-3H3/t23-,33-/m0/s1. The molecular formula is C34H48N10O2S. The van der Waals surface area contributed by atoms with Crippen LogP contribution < -0.4 is 20.9 Å². The fourth-order valence-corrected chi connectivity index (χ4v) is 9.49. The quantitative estimate of drug-likeness (QED) is 0.334. The molecule has 252 valence electrons. The number of thiophene rings is 1. The van der Waals surface area contributed by atoms with Gasteiger partial charge in [-0.15, -0.1) is 11.3 Å². The number of fused-ring (bicyclic) bond motifs is 1. The lowest BCUT2D eigenvalue weighted by Gasteiger charge is -2.39. The van der Waals surface area contributed by atoms with E-state index < -0.39 is 5.41 Å². The molecule has 0 amide bonds. The smallest absolute Gasteiger partial charge is 0.237 e. The van der Waals surface area contributed by atoms with E-state index in [1.165, 1.54) is 17.8 Å². The Bertz CT molecular complexity index is 1600. The predicted octanol–water partition coefficient (Wildman–Crippen LogP) is 4.20. The summed E-state index contributed by atoms with van der Waals surface area (Å²) in [5.41, 5.74) is 8.28. The van der Waals surface area contributed by atoms with Crippen molar-refractivity contribution in [3.63, 3.8) is 0 Å². The largest absolute Gasteiger partial charge is 0.389 e. The van der Waals surface area contributed by atoms with Gasteiger partial charge in [-0.2, -0.15) is 15.2 Å². The number of anilines is 3. The van der Waals surface area contributed by atoms with Gasteiger partial charge < -0.3 is 35.0 Å². The number of aromatic nitrogens is 4. The van der Waals surface area contributed by atoms with Gasteiger partial charge in [-0.05, 0) is 83.7 Å². The SMILES string of the molecule is COCCCN1CCCN(c2nc(-c3noc([C@@]4(C)CCCc5sc(N)c(C#N)c54)n3)cc(N3CCC4(CCNC4)CC3)n2)[C@@H](C)C1. The zero-order valence-corrected chi connectivity index (χ0v) is 28.9. The molecule has 2 atom stereocenters. The van der Waals surface area contributed by atoms with E-state index in [4.69, 9.17) is 29.9 Å². The number of rotatable bonds is 8. The maximum absolute atomic E-state index is 9.99. The van der Waals surface area contributed by atoms with Crippen molar-refractivity contribution >= 4 is 28.1 Å². The van der Waals surface area contributed by atoms with Crippen LogP contribution in [-0.4, -0.2) is 97.1 Å². The van der Waals surface area contributed by atoms with Crippen molar-refractivity contribution in [1.82, 2.24) is 30.3 Å². The van der Waals surface area contributed by atoms with Crippen LogP contribution in [0.5, 0.6) is 0 Å². The van der Waals surface area contributed by atoms with Gasteiger partial charge in [-0.25, -0.2) is 4.98 Å². The minimum Gasteiger partial charge on any atom is -0.389 e. The molecule has 3 N–H and O–H groups in total. The van der Waals surface area contributed by atoms with Crippen LogP contribution in [0.4, 0.5) is 16.8 Å². The van der Waals surface area contributed by atoms with E-state index in [1.807, 2.05) is 6.07 Å². The summed E-state index contributed by atoms with van der Waals surface area (Å²) in [6.07, 6.45) is 8.32. The van der Waals surface area contributed by atoms with E-state index >= 15 is 0 Å². The maximum Gasteiger partial charge on any atom is 0.237 e. The Balaban J connectivity index is 1.22. The number of nitrogen functional groups attached to an aromatic ring is 1. The van der Waals surface area contributed by atoms with Crippen LogP contribution >= 0.6 is 11.3 Å². The molecule has 47 heavy (non-hydrogen) atoms. The van der Waals surface area contributed by atoms with Crippen molar-refractivity contribution in [2.24, 2.45) is 5.41 Å². The highest BCUT2D eigenvalue weighted by atomic mass is 32.1. The number of hydrogen-bond donors (Lipinski definition) is 2. The summed E-state index contributed by atoms with van der Waals surface area (Å²) in [6, 6.07) is 4.63. The van der Waals surface area contributed by atoms with E-state index in [0.717, 1.165) is 126 Å². The molecule has 0 aromatic carbocycles. The van der Waals surface area contributed by atoms with E-state index in [-0.39, 0.29) is 6.04 Å². The molecule has 3 aromatic rings. The van der Waals surface area contributed by atoms with Crippen LogP contribution in [0.2, 0.25) is 0 Å². The first-order valence-electron chi connectivity index (χ1n) is 17.3. The molecule has 4 aliphatic rings. The molecule has 1 spiro atoms. The molecule has 3 aromatic heterocycles. The van der Waals surface area contributed by atoms with Crippen LogP contribution in [0, 0.1) is 16.7 Å². The number of aryl methyl sites for hydroxylation is 1. The van der Waals surface area contributed by atoms with Crippen molar-refractivity contribution in [2.75, 3.05) is 81.6 Å². The molecule has 3 aliphatic heterocycles. The van der Waals surface area contributed by atoms with Gasteiger partial charge in [-0.1, -0.05) is 5.16 Å². The third-order valence-corrected chi connectivity index (χ3v) is 12.1. The average molecular weight is 661 g/mol. The second kappa shape index (κ2) is 13.3. The second-order valence-corrected chi connectivity index (χ2v) is 15.4. The molecule has 0 radical (unpaired) electrons. The van der Waals surface area contributed by atoms with Crippen molar-refractivity contribution < 1.29 is 9.26 Å². The lowest BCUT2D eigenvalue weighted by molar-refractivity contribution is 0.172. The summed E-state index contributed by atoms with van der Waals surface area (Å²) in [7, 11) is 1.77. The van der Waals surface area contributed by atoms with E-state index in [9.17, 15) is 5.26 Å². The molecule has 3 saturated heterocycles. The van der Waals surface area contributed by atoms with Gasteiger partial charge in [0.15, 0.2) is 0 Å². The number of hydrogen-bond acceptors (Lipinski definition) is 13. The van der Waals surface area contributed by atoms with Crippen molar-refractivity contribution in [1.29, 1.82) is 5.26 Å². The normalized spacial score (nSPS) is 24.8. The third kappa shape index (κ3) is 6.21. The Kier molecular flexibility index (Phi) is 9.13. The zero-order valence-electron chi connectivity index (χ0n) is 28.1. The molecule has 13 heteroatoms. The Hall–Kier alpha value is -3.31. The number of methoxy groups -OCH3 is 1. The summed E-state index contributed by atoms with van der Waals surface area (Å²) in [5, 5.41) is 18.6. The lowest BCUT2D eigenvalue weighted by atomic mass is 9.72. The van der Waals surface area contributed by atoms with Gasteiger partial charge in [-0.3, -0.25) is 0 Å². The highest BCUT2D eigenvalue weighted by Gasteiger charge is 2.43. The zero-order chi connectivity index (χ0) is 32.6. The Morgan fingerprint density at radius 1 is 1.15 bits per heavy atom.